The van der Waals surface area contributed by atoms with Crippen molar-refractivity contribution in [1.29, 1.82) is 0 Å². The van der Waals surface area contributed by atoms with E-state index < -0.39 is 0 Å². The summed E-state index contributed by atoms with van der Waals surface area (Å²) in [7, 11) is 0. The van der Waals surface area contributed by atoms with Gasteiger partial charge in [-0.05, 0) is 37.7 Å². The van der Waals surface area contributed by atoms with Gasteiger partial charge in [-0.3, -0.25) is 0 Å². The predicted octanol–water partition coefficient (Wildman–Crippen LogP) is 4.42. The fourth-order valence-electron chi connectivity index (χ4n) is 2.27. The van der Waals surface area contributed by atoms with Crippen molar-refractivity contribution in [3.05, 3.63) is 35.4 Å². The van der Waals surface area contributed by atoms with Crippen LogP contribution < -0.4 is 0 Å². The Kier molecular flexibility index (Phi) is 3.27. The van der Waals surface area contributed by atoms with Crippen molar-refractivity contribution in [2.24, 2.45) is 0 Å². The van der Waals surface area contributed by atoms with Crippen molar-refractivity contribution in [2.75, 3.05) is 0 Å². The van der Waals surface area contributed by atoms with Crippen LogP contribution in [0.3, 0.4) is 0 Å². The zero-order chi connectivity index (χ0) is 9.97. The summed E-state index contributed by atoms with van der Waals surface area (Å²) in [5.74, 6) is 0.786. The normalized spacial score (nSPS) is 27.6. The quantitative estimate of drug-likeness (QED) is 0.650. The Morgan fingerprint density at radius 1 is 1.14 bits per heavy atom. The van der Waals surface area contributed by atoms with Gasteiger partial charge in [0.2, 0.25) is 0 Å². The van der Waals surface area contributed by atoms with Crippen LogP contribution in [-0.2, 0) is 0 Å². The first-order chi connectivity index (χ1) is 6.75. The lowest BCUT2D eigenvalue weighted by atomic mass is 9.84. The third-order valence-electron chi connectivity index (χ3n) is 3.16. The molecule has 0 aromatic heterocycles. The molecule has 1 aromatic rings. The molecular formula is C13H17Br. The topological polar surface area (TPSA) is 0 Å². The van der Waals surface area contributed by atoms with Gasteiger partial charge in [0, 0.05) is 4.83 Å². The van der Waals surface area contributed by atoms with E-state index in [0.717, 1.165) is 10.7 Å². The molecule has 2 rings (SSSR count). The molecule has 0 N–H and O–H groups in total. The van der Waals surface area contributed by atoms with Gasteiger partial charge in [0.25, 0.3) is 0 Å². The van der Waals surface area contributed by atoms with Gasteiger partial charge in [-0.1, -0.05) is 52.2 Å². The van der Waals surface area contributed by atoms with Gasteiger partial charge < -0.3 is 0 Å². The van der Waals surface area contributed by atoms with E-state index in [4.69, 9.17) is 0 Å². The van der Waals surface area contributed by atoms with Crippen LogP contribution in [0.2, 0.25) is 0 Å². The third kappa shape index (κ3) is 2.38. The Bertz CT molecular complexity index is 289. The summed E-state index contributed by atoms with van der Waals surface area (Å²) in [6.45, 7) is 2.15. The van der Waals surface area contributed by atoms with Crippen molar-refractivity contribution in [3.63, 3.8) is 0 Å². The number of hydrogen-bond acceptors (Lipinski definition) is 0. The van der Waals surface area contributed by atoms with Crippen LogP contribution in [0, 0.1) is 6.92 Å². The molecule has 1 aliphatic carbocycles. The highest BCUT2D eigenvalue weighted by Crippen LogP contribution is 2.35. The number of halogens is 1. The van der Waals surface area contributed by atoms with Gasteiger partial charge in [0.05, 0.1) is 0 Å². The molecule has 76 valence electrons. The molecule has 14 heavy (non-hydrogen) atoms. The zero-order valence-electron chi connectivity index (χ0n) is 8.67. The Morgan fingerprint density at radius 3 is 2.50 bits per heavy atom. The second-order valence-electron chi connectivity index (χ2n) is 4.37. The maximum atomic E-state index is 3.74. The van der Waals surface area contributed by atoms with Crippen molar-refractivity contribution in [3.8, 4) is 0 Å². The SMILES string of the molecule is Cc1ccc(C2CCCC(Br)C2)cc1. The molecule has 0 heterocycles. The molecule has 0 nitrogen and oxygen atoms in total. The third-order valence-corrected chi connectivity index (χ3v) is 3.99. The average Bonchev–Trinajstić information content (AvgIpc) is 2.19. The summed E-state index contributed by atoms with van der Waals surface area (Å²) in [6.07, 6.45) is 5.39. The summed E-state index contributed by atoms with van der Waals surface area (Å²) in [4.78, 5) is 0.738. The molecule has 0 bridgehead atoms. The van der Waals surface area contributed by atoms with Crippen LogP contribution in [0.1, 0.15) is 42.7 Å². The standard InChI is InChI=1S/C13H17Br/c1-10-5-7-11(8-6-10)12-3-2-4-13(14)9-12/h5-8,12-13H,2-4,9H2,1H3. The summed E-state index contributed by atoms with van der Waals surface area (Å²) < 4.78 is 0. The van der Waals surface area contributed by atoms with Gasteiger partial charge in [0.15, 0.2) is 0 Å². The number of aryl methyl sites for hydroxylation is 1. The molecule has 0 saturated heterocycles. The lowest BCUT2D eigenvalue weighted by Crippen LogP contribution is -2.13. The molecule has 1 saturated carbocycles. The number of rotatable bonds is 1. The van der Waals surface area contributed by atoms with Crippen molar-refractivity contribution in [2.45, 2.75) is 43.4 Å². The molecule has 1 aromatic carbocycles. The minimum Gasteiger partial charge on any atom is -0.0890 e. The summed E-state index contributed by atoms with van der Waals surface area (Å²) in [5, 5.41) is 0. The molecule has 2 unspecified atom stereocenters. The van der Waals surface area contributed by atoms with E-state index in [-0.39, 0.29) is 0 Å². The highest BCUT2D eigenvalue weighted by Gasteiger charge is 2.20. The first-order valence-corrected chi connectivity index (χ1v) is 6.38. The molecule has 1 aliphatic rings. The van der Waals surface area contributed by atoms with Crippen LogP contribution in [0.5, 0.6) is 0 Å². The van der Waals surface area contributed by atoms with Gasteiger partial charge >= 0.3 is 0 Å². The molecule has 0 spiro atoms. The second kappa shape index (κ2) is 4.48. The number of hydrogen-bond donors (Lipinski definition) is 0. The molecule has 0 amide bonds. The fourth-order valence-corrected chi connectivity index (χ4v) is 3.05. The lowest BCUT2D eigenvalue weighted by molar-refractivity contribution is 0.458. The Hall–Kier alpha value is -0.300. The molecule has 1 fully saturated rings. The molecular weight excluding hydrogens is 236 g/mol. The van der Waals surface area contributed by atoms with Crippen LogP contribution >= 0.6 is 15.9 Å². The molecule has 0 aliphatic heterocycles. The van der Waals surface area contributed by atoms with Crippen molar-refractivity contribution in [1.82, 2.24) is 0 Å². The van der Waals surface area contributed by atoms with Crippen molar-refractivity contribution < 1.29 is 0 Å². The average molecular weight is 253 g/mol. The highest BCUT2D eigenvalue weighted by atomic mass is 79.9. The number of alkyl halides is 1. The fraction of sp³-hybridized carbons (Fsp3) is 0.538. The summed E-state index contributed by atoms with van der Waals surface area (Å²) >= 11 is 3.74. The van der Waals surface area contributed by atoms with Crippen LogP contribution in [0.25, 0.3) is 0 Å². The lowest BCUT2D eigenvalue weighted by Gasteiger charge is -2.26. The summed E-state index contributed by atoms with van der Waals surface area (Å²) in [5.41, 5.74) is 2.89. The van der Waals surface area contributed by atoms with Crippen LogP contribution in [0.15, 0.2) is 24.3 Å². The maximum absolute atomic E-state index is 3.74. The van der Waals surface area contributed by atoms with E-state index in [1.54, 1.807) is 0 Å². The van der Waals surface area contributed by atoms with E-state index in [0.29, 0.717) is 0 Å². The van der Waals surface area contributed by atoms with Gasteiger partial charge in [-0.15, -0.1) is 0 Å². The predicted molar refractivity (Wildman–Crippen MR) is 65.1 cm³/mol. The Morgan fingerprint density at radius 2 is 1.86 bits per heavy atom. The smallest absolute Gasteiger partial charge is 0.0151 e. The minimum absolute atomic E-state index is 0.738. The van der Waals surface area contributed by atoms with E-state index in [1.807, 2.05) is 0 Å². The zero-order valence-corrected chi connectivity index (χ0v) is 10.3. The highest BCUT2D eigenvalue weighted by molar-refractivity contribution is 9.09. The second-order valence-corrected chi connectivity index (χ2v) is 5.67. The monoisotopic (exact) mass is 252 g/mol. The first kappa shape index (κ1) is 10.2. The van der Waals surface area contributed by atoms with Crippen LogP contribution in [-0.4, -0.2) is 4.83 Å². The molecule has 1 heteroatoms. The van der Waals surface area contributed by atoms with Gasteiger partial charge in [-0.2, -0.15) is 0 Å². The minimum atomic E-state index is 0.738. The largest absolute Gasteiger partial charge is 0.0890 e. The van der Waals surface area contributed by atoms with E-state index in [2.05, 4.69) is 47.1 Å². The van der Waals surface area contributed by atoms with E-state index in [9.17, 15) is 0 Å². The van der Waals surface area contributed by atoms with Crippen LogP contribution in [0.4, 0.5) is 0 Å². The van der Waals surface area contributed by atoms with Gasteiger partial charge in [0.1, 0.15) is 0 Å². The van der Waals surface area contributed by atoms with E-state index >= 15 is 0 Å². The number of benzene rings is 1. The summed E-state index contributed by atoms with van der Waals surface area (Å²) in [6, 6.07) is 9.05. The Labute approximate surface area is 94.8 Å². The van der Waals surface area contributed by atoms with E-state index in [1.165, 1.54) is 36.8 Å². The van der Waals surface area contributed by atoms with Gasteiger partial charge in [-0.25, -0.2) is 0 Å². The first-order valence-electron chi connectivity index (χ1n) is 5.46. The maximum Gasteiger partial charge on any atom is 0.0151 e. The Balaban J connectivity index is 2.10. The molecule has 2 atom stereocenters. The van der Waals surface area contributed by atoms with Crippen molar-refractivity contribution >= 4 is 15.9 Å². The molecule has 0 radical (unpaired) electrons.